The van der Waals surface area contributed by atoms with E-state index in [1.54, 1.807) is 7.05 Å². The number of hydrogen-bond donors (Lipinski definition) is 1. The van der Waals surface area contributed by atoms with Crippen LogP contribution in [0.1, 0.15) is 17.5 Å². The van der Waals surface area contributed by atoms with Crippen molar-refractivity contribution >= 4 is 22.7 Å². The molecule has 0 aliphatic carbocycles. The molecular weight excluding hydrogens is 330 g/mol. The quantitative estimate of drug-likeness (QED) is 0.770. The number of oxazole rings is 1. The number of aryl methyl sites for hydroxylation is 1. The maximum absolute atomic E-state index is 12.7. The summed E-state index contributed by atoms with van der Waals surface area (Å²) in [7, 11) is 1.71. The SMILES string of the molecule is Cn1c(=O)oc2ccc(CN3CCC4(C3)C(=O)Nc3ccccc34)cc21. The van der Waals surface area contributed by atoms with Gasteiger partial charge in [-0.25, -0.2) is 4.79 Å². The van der Waals surface area contributed by atoms with Gasteiger partial charge in [-0.05, 0) is 42.3 Å². The maximum atomic E-state index is 12.7. The van der Waals surface area contributed by atoms with E-state index in [9.17, 15) is 9.59 Å². The van der Waals surface area contributed by atoms with Crippen LogP contribution in [-0.2, 0) is 23.8 Å². The molecule has 1 aromatic heterocycles. The molecule has 2 aliphatic heterocycles. The fourth-order valence-electron chi connectivity index (χ4n) is 4.33. The minimum atomic E-state index is -0.441. The zero-order chi connectivity index (χ0) is 17.9. The van der Waals surface area contributed by atoms with Crippen molar-refractivity contribution in [2.45, 2.75) is 18.4 Å². The smallest absolute Gasteiger partial charge is 0.408 e. The third-order valence-electron chi connectivity index (χ3n) is 5.74. The lowest BCUT2D eigenvalue weighted by Crippen LogP contribution is -2.37. The number of nitrogens with one attached hydrogen (secondary N) is 1. The Bertz CT molecular complexity index is 1100. The average molecular weight is 349 g/mol. The Labute approximate surface area is 150 Å². The number of likely N-dealkylation sites (tertiary alicyclic amines) is 1. The van der Waals surface area contributed by atoms with Gasteiger partial charge >= 0.3 is 5.76 Å². The molecule has 2 aromatic carbocycles. The molecule has 26 heavy (non-hydrogen) atoms. The predicted octanol–water partition coefficient (Wildman–Crippen LogP) is 2.23. The van der Waals surface area contributed by atoms with Crippen LogP contribution in [0.4, 0.5) is 5.69 Å². The standard InChI is InChI=1S/C20H19N3O3/c1-22-16-10-13(6-7-17(16)26-19(22)25)11-23-9-8-20(12-23)14-4-2-3-5-15(14)21-18(20)24/h2-7,10H,8-9,11-12H2,1H3,(H,21,24). The van der Waals surface area contributed by atoms with Gasteiger partial charge in [0.15, 0.2) is 5.58 Å². The molecule has 0 saturated carbocycles. The van der Waals surface area contributed by atoms with Crippen molar-refractivity contribution < 1.29 is 9.21 Å². The summed E-state index contributed by atoms with van der Waals surface area (Å²) in [6.45, 7) is 2.31. The van der Waals surface area contributed by atoms with E-state index in [2.05, 4.69) is 16.3 Å². The van der Waals surface area contributed by atoms with Gasteiger partial charge < -0.3 is 9.73 Å². The molecule has 1 fully saturated rings. The fourth-order valence-corrected chi connectivity index (χ4v) is 4.33. The van der Waals surface area contributed by atoms with Gasteiger partial charge in [0.05, 0.1) is 10.9 Å². The molecule has 3 aromatic rings. The first-order valence-electron chi connectivity index (χ1n) is 8.79. The van der Waals surface area contributed by atoms with Crippen molar-refractivity contribution in [3.05, 3.63) is 64.1 Å². The molecule has 2 aliphatic rings. The fraction of sp³-hybridized carbons (Fsp3) is 0.300. The van der Waals surface area contributed by atoms with E-state index in [1.165, 1.54) is 4.57 Å². The number of carbonyl (C=O) groups excluding carboxylic acids is 1. The minimum absolute atomic E-state index is 0.105. The Kier molecular flexibility index (Phi) is 3.15. The molecule has 3 heterocycles. The summed E-state index contributed by atoms with van der Waals surface area (Å²) in [4.78, 5) is 26.7. The van der Waals surface area contributed by atoms with Crippen molar-refractivity contribution in [3.63, 3.8) is 0 Å². The number of benzene rings is 2. The zero-order valence-electron chi connectivity index (χ0n) is 14.5. The molecule has 6 nitrogen and oxygen atoms in total. The lowest BCUT2D eigenvalue weighted by Gasteiger charge is -2.22. The number of amides is 1. The van der Waals surface area contributed by atoms with Crippen LogP contribution in [0, 0.1) is 0 Å². The van der Waals surface area contributed by atoms with Gasteiger partial charge in [-0.15, -0.1) is 0 Å². The average Bonchev–Trinajstić information content (AvgIpc) is 3.27. The number of anilines is 1. The lowest BCUT2D eigenvalue weighted by atomic mass is 9.81. The monoisotopic (exact) mass is 349 g/mol. The first-order chi connectivity index (χ1) is 12.6. The molecule has 1 amide bonds. The number of rotatable bonds is 2. The van der Waals surface area contributed by atoms with E-state index in [4.69, 9.17) is 4.42 Å². The summed E-state index contributed by atoms with van der Waals surface area (Å²) in [6.07, 6.45) is 0.822. The largest absolute Gasteiger partial charge is 0.419 e. The first kappa shape index (κ1) is 15.4. The number of para-hydroxylation sites is 1. The van der Waals surface area contributed by atoms with Gasteiger partial charge in [-0.2, -0.15) is 0 Å². The van der Waals surface area contributed by atoms with E-state index in [1.807, 2.05) is 36.4 Å². The van der Waals surface area contributed by atoms with Crippen LogP contribution in [0.2, 0.25) is 0 Å². The molecule has 5 rings (SSSR count). The van der Waals surface area contributed by atoms with Crippen molar-refractivity contribution in [3.8, 4) is 0 Å². The molecule has 1 unspecified atom stereocenters. The van der Waals surface area contributed by atoms with Gasteiger partial charge in [0.2, 0.25) is 5.91 Å². The van der Waals surface area contributed by atoms with Crippen molar-refractivity contribution in [1.29, 1.82) is 0 Å². The second kappa shape index (κ2) is 5.32. The highest BCUT2D eigenvalue weighted by Gasteiger charge is 2.50. The van der Waals surface area contributed by atoms with Crippen LogP contribution in [0.15, 0.2) is 51.7 Å². The molecule has 0 bridgehead atoms. The molecule has 1 atom stereocenters. The van der Waals surface area contributed by atoms with Crippen LogP contribution >= 0.6 is 0 Å². The minimum Gasteiger partial charge on any atom is -0.408 e. The molecule has 6 heteroatoms. The maximum Gasteiger partial charge on any atom is 0.419 e. The summed E-state index contributed by atoms with van der Waals surface area (Å²) in [5.74, 6) is -0.245. The normalized spacial score (nSPS) is 22.3. The van der Waals surface area contributed by atoms with Gasteiger partial charge in [-0.3, -0.25) is 14.3 Å². The molecule has 1 N–H and O–H groups in total. The van der Waals surface area contributed by atoms with E-state index in [0.29, 0.717) is 12.1 Å². The summed E-state index contributed by atoms with van der Waals surface area (Å²) >= 11 is 0. The van der Waals surface area contributed by atoms with Gasteiger partial charge in [0.25, 0.3) is 0 Å². The number of hydrogen-bond acceptors (Lipinski definition) is 4. The van der Waals surface area contributed by atoms with Gasteiger partial charge in [0.1, 0.15) is 0 Å². The second-order valence-electron chi connectivity index (χ2n) is 7.27. The Morgan fingerprint density at radius 2 is 2.04 bits per heavy atom. The molecular formula is C20H19N3O3. The van der Waals surface area contributed by atoms with Crippen molar-refractivity contribution in [2.24, 2.45) is 7.05 Å². The van der Waals surface area contributed by atoms with E-state index < -0.39 is 5.41 Å². The third kappa shape index (κ3) is 2.08. The van der Waals surface area contributed by atoms with Crippen molar-refractivity contribution in [2.75, 3.05) is 18.4 Å². The van der Waals surface area contributed by atoms with E-state index >= 15 is 0 Å². The molecule has 1 spiro atoms. The number of aromatic nitrogens is 1. The van der Waals surface area contributed by atoms with Gasteiger partial charge in [-0.1, -0.05) is 24.3 Å². The van der Waals surface area contributed by atoms with Crippen molar-refractivity contribution in [1.82, 2.24) is 9.47 Å². The zero-order valence-corrected chi connectivity index (χ0v) is 14.5. The third-order valence-corrected chi connectivity index (χ3v) is 5.74. The Hall–Kier alpha value is -2.86. The molecule has 132 valence electrons. The molecule has 1 saturated heterocycles. The highest BCUT2D eigenvalue weighted by Crippen LogP contribution is 2.44. The van der Waals surface area contributed by atoms with Crippen LogP contribution in [0.3, 0.4) is 0 Å². The van der Waals surface area contributed by atoms with E-state index in [-0.39, 0.29) is 11.7 Å². The Morgan fingerprint density at radius 3 is 2.92 bits per heavy atom. The lowest BCUT2D eigenvalue weighted by molar-refractivity contribution is -0.120. The Morgan fingerprint density at radius 1 is 1.19 bits per heavy atom. The van der Waals surface area contributed by atoms with Crippen LogP contribution in [-0.4, -0.2) is 28.5 Å². The summed E-state index contributed by atoms with van der Waals surface area (Å²) in [5.41, 5.74) is 4.11. The number of fused-ring (bicyclic) bond motifs is 3. The predicted molar refractivity (Wildman–Crippen MR) is 98.1 cm³/mol. The highest BCUT2D eigenvalue weighted by atomic mass is 16.4. The van der Waals surface area contributed by atoms with Crippen LogP contribution < -0.4 is 11.1 Å². The van der Waals surface area contributed by atoms with Crippen LogP contribution in [0.25, 0.3) is 11.1 Å². The summed E-state index contributed by atoms with van der Waals surface area (Å²) in [6, 6.07) is 13.8. The van der Waals surface area contributed by atoms with Crippen LogP contribution in [0.5, 0.6) is 0 Å². The van der Waals surface area contributed by atoms with Gasteiger partial charge in [0, 0.05) is 25.8 Å². The summed E-state index contributed by atoms with van der Waals surface area (Å²) < 4.78 is 6.71. The summed E-state index contributed by atoms with van der Waals surface area (Å²) in [5, 5.41) is 3.03. The number of nitrogens with zero attached hydrogens (tertiary/aromatic N) is 2. The Balaban J connectivity index is 1.43. The highest BCUT2D eigenvalue weighted by molar-refractivity contribution is 6.06. The number of carbonyl (C=O) groups is 1. The second-order valence-corrected chi connectivity index (χ2v) is 7.27. The first-order valence-corrected chi connectivity index (χ1v) is 8.79. The molecule has 0 radical (unpaired) electrons. The topological polar surface area (TPSA) is 67.5 Å². The van der Waals surface area contributed by atoms with E-state index in [0.717, 1.165) is 41.8 Å².